The van der Waals surface area contributed by atoms with Crippen LogP contribution in [-0.2, 0) is 10.0 Å². The lowest BCUT2D eigenvalue weighted by Crippen LogP contribution is -2.36. The van der Waals surface area contributed by atoms with Crippen LogP contribution >= 0.6 is 12.2 Å². The first-order valence-corrected chi connectivity index (χ1v) is 8.16. The molecule has 6 heteroatoms. The first-order valence-electron chi connectivity index (χ1n) is 6.31. The summed E-state index contributed by atoms with van der Waals surface area (Å²) < 4.78 is 26.8. The van der Waals surface area contributed by atoms with E-state index in [-0.39, 0.29) is 15.9 Å². The van der Waals surface area contributed by atoms with Crippen LogP contribution < -0.4 is 5.73 Å². The molecule has 0 unspecified atom stereocenters. The van der Waals surface area contributed by atoms with Crippen molar-refractivity contribution in [2.45, 2.75) is 36.6 Å². The summed E-state index contributed by atoms with van der Waals surface area (Å²) in [6, 6.07) is 6.73. The summed E-state index contributed by atoms with van der Waals surface area (Å²) in [7, 11) is -1.89. The SMILES string of the molecule is CN(C1CCCC1)S(=O)(=O)c1ccccc1C(N)=S. The minimum absolute atomic E-state index is 0.0874. The highest BCUT2D eigenvalue weighted by atomic mass is 32.2. The number of sulfonamides is 1. The summed E-state index contributed by atoms with van der Waals surface area (Å²) in [5.41, 5.74) is 6.03. The molecule has 1 aliphatic carbocycles. The van der Waals surface area contributed by atoms with E-state index in [1.54, 1.807) is 31.3 Å². The minimum atomic E-state index is -3.53. The van der Waals surface area contributed by atoms with Gasteiger partial charge >= 0.3 is 0 Å². The number of thiocarbonyl (C=S) groups is 1. The van der Waals surface area contributed by atoms with Crippen molar-refractivity contribution < 1.29 is 8.42 Å². The maximum absolute atomic E-state index is 12.7. The van der Waals surface area contributed by atoms with Gasteiger partial charge in [-0.25, -0.2) is 8.42 Å². The first kappa shape index (κ1) is 14.4. The summed E-state index contributed by atoms with van der Waals surface area (Å²) in [4.78, 5) is 0.316. The molecule has 0 saturated heterocycles. The van der Waals surface area contributed by atoms with Gasteiger partial charge in [-0.1, -0.05) is 43.3 Å². The highest BCUT2D eigenvalue weighted by Crippen LogP contribution is 2.28. The summed E-state index contributed by atoms with van der Waals surface area (Å²) >= 11 is 4.93. The average Bonchev–Trinajstić information content (AvgIpc) is 2.91. The van der Waals surface area contributed by atoms with Crippen molar-refractivity contribution in [3.05, 3.63) is 29.8 Å². The Morgan fingerprint density at radius 1 is 1.32 bits per heavy atom. The molecule has 1 aromatic carbocycles. The molecule has 4 nitrogen and oxygen atoms in total. The molecule has 2 rings (SSSR count). The van der Waals surface area contributed by atoms with E-state index in [1.165, 1.54) is 4.31 Å². The van der Waals surface area contributed by atoms with E-state index < -0.39 is 10.0 Å². The molecule has 19 heavy (non-hydrogen) atoms. The number of benzene rings is 1. The number of rotatable bonds is 4. The van der Waals surface area contributed by atoms with Crippen molar-refractivity contribution in [1.82, 2.24) is 4.31 Å². The Morgan fingerprint density at radius 2 is 1.89 bits per heavy atom. The third kappa shape index (κ3) is 2.80. The van der Waals surface area contributed by atoms with Gasteiger partial charge in [0.1, 0.15) is 4.99 Å². The maximum Gasteiger partial charge on any atom is 0.243 e. The van der Waals surface area contributed by atoms with Crippen molar-refractivity contribution in [3.8, 4) is 0 Å². The predicted octanol–water partition coefficient (Wildman–Crippen LogP) is 1.88. The smallest absolute Gasteiger partial charge is 0.243 e. The van der Waals surface area contributed by atoms with E-state index >= 15 is 0 Å². The molecule has 0 aliphatic heterocycles. The Balaban J connectivity index is 2.41. The quantitative estimate of drug-likeness (QED) is 0.862. The third-order valence-corrected chi connectivity index (χ3v) is 5.84. The topological polar surface area (TPSA) is 63.4 Å². The van der Waals surface area contributed by atoms with Crippen molar-refractivity contribution >= 4 is 27.2 Å². The first-order chi connectivity index (χ1) is 8.94. The van der Waals surface area contributed by atoms with Gasteiger partial charge in [-0.05, 0) is 18.9 Å². The summed E-state index contributed by atoms with van der Waals surface area (Å²) in [6.45, 7) is 0. The number of hydrogen-bond donors (Lipinski definition) is 1. The molecule has 0 heterocycles. The summed E-state index contributed by atoms with van der Waals surface area (Å²) in [5.74, 6) is 0. The Hall–Kier alpha value is -0.980. The molecule has 0 atom stereocenters. The molecular weight excluding hydrogens is 280 g/mol. The zero-order valence-corrected chi connectivity index (χ0v) is 12.5. The molecule has 1 fully saturated rings. The fraction of sp³-hybridized carbons (Fsp3) is 0.462. The van der Waals surface area contributed by atoms with Crippen LogP contribution in [0, 0.1) is 0 Å². The van der Waals surface area contributed by atoms with E-state index in [9.17, 15) is 8.42 Å². The van der Waals surface area contributed by atoms with Crippen LogP contribution in [-0.4, -0.2) is 30.8 Å². The Kier molecular flexibility index (Phi) is 4.23. The Bertz CT molecular complexity index is 578. The Labute approximate surface area is 119 Å². The lowest BCUT2D eigenvalue weighted by molar-refractivity contribution is 0.373. The van der Waals surface area contributed by atoms with Crippen LogP contribution in [0.1, 0.15) is 31.2 Å². The molecule has 1 aliphatic rings. The van der Waals surface area contributed by atoms with Crippen LogP contribution in [0.2, 0.25) is 0 Å². The zero-order valence-electron chi connectivity index (χ0n) is 10.9. The molecule has 0 amide bonds. The molecule has 2 N–H and O–H groups in total. The fourth-order valence-electron chi connectivity index (χ4n) is 2.51. The van der Waals surface area contributed by atoms with Gasteiger partial charge in [0.25, 0.3) is 0 Å². The minimum Gasteiger partial charge on any atom is -0.389 e. The van der Waals surface area contributed by atoms with Crippen molar-refractivity contribution in [1.29, 1.82) is 0 Å². The number of hydrogen-bond acceptors (Lipinski definition) is 3. The third-order valence-electron chi connectivity index (χ3n) is 3.65. The maximum atomic E-state index is 12.7. The molecule has 0 spiro atoms. The van der Waals surface area contributed by atoms with Crippen molar-refractivity contribution in [3.63, 3.8) is 0 Å². The van der Waals surface area contributed by atoms with Gasteiger partial charge in [-0.3, -0.25) is 0 Å². The van der Waals surface area contributed by atoms with Gasteiger partial charge in [0, 0.05) is 18.7 Å². The van der Waals surface area contributed by atoms with E-state index in [2.05, 4.69) is 0 Å². The van der Waals surface area contributed by atoms with Crippen molar-refractivity contribution in [2.24, 2.45) is 5.73 Å². The molecule has 0 aromatic heterocycles. The molecule has 104 valence electrons. The van der Waals surface area contributed by atoms with Crippen LogP contribution in [0.5, 0.6) is 0 Å². The standard InChI is InChI=1S/C13H18N2O2S2/c1-15(10-6-2-3-7-10)19(16,17)12-9-5-4-8-11(12)13(14)18/h4-5,8-10H,2-3,6-7H2,1H3,(H2,14,18). The van der Waals surface area contributed by atoms with Crippen molar-refractivity contribution in [2.75, 3.05) is 7.05 Å². The molecule has 0 bridgehead atoms. The van der Waals surface area contributed by atoms with E-state index in [0.29, 0.717) is 5.56 Å². The molecule has 1 aromatic rings. The van der Waals surface area contributed by atoms with Crippen LogP contribution in [0.15, 0.2) is 29.2 Å². The van der Waals surface area contributed by atoms with Crippen LogP contribution in [0.25, 0.3) is 0 Å². The second-order valence-corrected chi connectivity index (χ2v) is 7.23. The van der Waals surface area contributed by atoms with Gasteiger partial charge in [0.2, 0.25) is 10.0 Å². The summed E-state index contributed by atoms with van der Waals surface area (Å²) in [5, 5.41) is 0. The van der Waals surface area contributed by atoms with Gasteiger partial charge in [0.05, 0.1) is 4.90 Å². The summed E-state index contributed by atoms with van der Waals surface area (Å²) in [6.07, 6.45) is 4.01. The van der Waals surface area contributed by atoms with E-state index in [4.69, 9.17) is 18.0 Å². The monoisotopic (exact) mass is 298 g/mol. The second kappa shape index (κ2) is 5.56. The van der Waals surface area contributed by atoms with E-state index in [0.717, 1.165) is 25.7 Å². The fourth-order valence-corrected chi connectivity index (χ4v) is 4.38. The Morgan fingerprint density at radius 3 is 2.47 bits per heavy atom. The number of nitrogens with two attached hydrogens (primary N) is 1. The van der Waals surface area contributed by atoms with E-state index in [1.807, 2.05) is 0 Å². The predicted molar refractivity (Wildman–Crippen MR) is 79.5 cm³/mol. The molecule has 0 radical (unpaired) electrons. The number of nitrogens with zero attached hydrogens (tertiary/aromatic N) is 1. The lowest BCUT2D eigenvalue weighted by atomic mass is 10.2. The average molecular weight is 298 g/mol. The zero-order chi connectivity index (χ0) is 14.0. The second-order valence-electron chi connectivity index (χ2n) is 4.82. The van der Waals surface area contributed by atoms with Crippen LogP contribution in [0.3, 0.4) is 0 Å². The highest BCUT2D eigenvalue weighted by Gasteiger charge is 2.31. The van der Waals surface area contributed by atoms with Gasteiger partial charge in [0.15, 0.2) is 0 Å². The molecular formula is C13H18N2O2S2. The van der Waals surface area contributed by atoms with Gasteiger partial charge < -0.3 is 5.73 Å². The normalized spacial score (nSPS) is 16.9. The van der Waals surface area contributed by atoms with Gasteiger partial charge in [-0.15, -0.1) is 0 Å². The largest absolute Gasteiger partial charge is 0.389 e. The highest BCUT2D eigenvalue weighted by molar-refractivity contribution is 7.89. The van der Waals surface area contributed by atoms with Crippen LogP contribution in [0.4, 0.5) is 0 Å². The molecule has 1 saturated carbocycles. The lowest BCUT2D eigenvalue weighted by Gasteiger charge is -2.24. The van der Waals surface area contributed by atoms with Gasteiger partial charge in [-0.2, -0.15) is 4.31 Å².